The topological polar surface area (TPSA) is 98.5 Å². The van der Waals surface area contributed by atoms with Crippen LogP contribution < -0.4 is 11.1 Å². The summed E-state index contributed by atoms with van der Waals surface area (Å²) < 4.78 is 5.13. The van der Waals surface area contributed by atoms with Gasteiger partial charge in [0.25, 0.3) is 5.91 Å². The fourth-order valence-corrected chi connectivity index (χ4v) is 3.23. The first kappa shape index (κ1) is 18.3. The number of amides is 2. The molecule has 3 aromatic rings. The minimum Gasteiger partial charge on any atom is -0.451 e. The zero-order valence-corrected chi connectivity index (χ0v) is 15.0. The van der Waals surface area contributed by atoms with E-state index >= 15 is 0 Å². The number of thiophene rings is 1. The van der Waals surface area contributed by atoms with Gasteiger partial charge in [0.05, 0.1) is 0 Å². The Morgan fingerprint density at radius 2 is 1.67 bits per heavy atom. The fraction of sp³-hybridized carbons (Fsp3) is 0.0500. The van der Waals surface area contributed by atoms with Crippen LogP contribution in [0.3, 0.4) is 0 Å². The molecule has 1 heterocycles. The molecule has 27 heavy (non-hydrogen) atoms. The number of primary amides is 1. The summed E-state index contributed by atoms with van der Waals surface area (Å²) in [6, 6.07) is 17.4. The van der Waals surface area contributed by atoms with Gasteiger partial charge in [-0.25, -0.2) is 4.79 Å². The zero-order chi connectivity index (χ0) is 19.2. The molecule has 0 aliphatic carbocycles. The van der Waals surface area contributed by atoms with Crippen molar-refractivity contribution >= 4 is 34.8 Å². The minimum atomic E-state index is -0.553. The first-order valence-corrected chi connectivity index (χ1v) is 8.92. The van der Waals surface area contributed by atoms with E-state index in [9.17, 15) is 14.4 Å². The number of carbonyl (C=O) groups is 3. The zero-order valence-electron chi connectivity index (χ0n) is 14.2. The van der Waals surface area contributed by atoms with Crippen molar-refractivity contribution in [2.45, 2.75) is 0 Å². The lowest BCUT2D eigenvalue weighted by molar-refractivity contribution is -0.119. The van der Waals surface area contributed by atoms with Gasteiger partial charge in [0.1, 0.15) is 4.88 Å². The Morgan fingerprint density at radius 3 is 2.33 bits per heavy atom. The van der Waals surface area contributed by atoms with E-state index in [1.807, 2.05) is 36.4 Å². The van der Waals surface area contributed by atoms with Crippen LogP contribution in [0.2, 0.25) is 0 Å². The van der Waals surface area contributed by atoms with Crippen molar-refractivity contribution in [3.8, 4) is 11.1 Å². The van der Waals surface area contributed by atoms with Gasteiger partial charge in [-0.15, -0.1) is 11.3 Å². The van der Waals surface area contributed by atoms with Crippen LogP contribution in [-0.2, 0) is 9.53 Å². The first-order valence-electron chi connectivity index (χ1n) is 8.04. The third-order valence-corrected chi connectivity index (χ3v) is 4.62. The summed E-state index contributed by atoms with van der Waals surface area (Å²) in [7, 11) is 0. The number of hydrogen-bond acceptors (Lipinski definition) is 5. The van der Waals surface area contributed by atoms with Gasteiger partial charge in [-0.1, -0.05) is 30.3 Å². The standard InChI is InChI=1S/C20H16N2O4S/c21-19(24)14-6-8-15(9-7-14)22-17(23)12-26-20(25)18-16(10-11-27-18)13-4-2-1-3-5-13/h1-11H,12H2,(H2,21,24)(H,22,23). The summed E-state index contributed by atoms with van der Waals surface area (Å²) in [4.78, 5) is 35.8. The Balaban J connectivity index is 1.59. The highest BCUT2D eigenvalue weighted by Crippen LogP contribution is 2.28. The maximum Gasteiger partial charge on any atom is 0.349 e. The molecule has 2 amide bonds. The molecular formula is C20H16N2O4S. The quantitative estimate of drug-likeness (QED) is 0.641. The van der Waals surface area contributed by atoms with E-state index in [-0.39, 0.29) is 0 Å². The molecule has 7 heteroatoms. The van der Waals surface area contributed by atoms with Crippen LogP contribution in [0.5, 0.6) is 0 Å². The van der Waals surface area contributed by atoms with Gasteiger partial charge in [-0.2, -0.15) is 0 Å². The molecule has 0 saturated heterocycles. The number of ether oxygens (including phenoxy) is 1. The Kier molecular flexibility index (Phi) is 5.63. The van der Waals surface area contributed by atoms with E-state index in [2.05, 4.69) is 5.32 Å². The lowest BCUT2D eigenvalue weighted by Crippen LogP contribution is -2.21. The lowest BCUT2D eigenvalue weighted by Gasteiger charge is -2.07. The summed E-state index contributed by atoms with van der Waals surface area (Å²) in [5.41, 5.74) is 7.66. The van der Waals surface area contributed by atoms with E-state index in [1.165, 1.54) is 23.5 Å². The predicted molar refractivity (Wildman–Crippen MR) is 104 cm³/mol. The Hall–Kier alpha value is -3.45. The number of benzene rings is 2. The first-order chi connectivity index (χ1) is 13.0. The predicted octanol–water partition coefficient (Wildman–Crippen LogP) is 3.31. The molecular weight excluding hydrogens is 364 g/mol. The third kappa shape index (κ3) is 4.59. The van der Waals surface area contributed by atoms with E-state index < -0.39 is 24.4 Å². The number of carbonyl (C=O) groups excluding carboxylic acids is 3. The second-order valence-corrected chi connectivity index (χ2v) is 6.51. The van der Waals surface area contributed by atoms with E-state index in [0.29, 0.717) is 16.1 Å². The largest absolute Gasteiger partial charge is 0.451 e. The Labute approximate surface area is 159 Å². The maximum absolute atomic E-state index is 12.3. The molecule has 0 atom stereocenters. The summed E-state index contributed by atoms with van der Waals surface area (Å²) >= 11 is 1.26. The monoisotopic (exact) mass is 380 g/mol. The van der Waals surface area contributed by atoms with Gasteiger partial charge >= 0.3 is 5.97 Å². The van der Waals surface area contributed by atoms with Gasteiger partial charge in [0.2, 0.25) is 5.91 Å². The van der Waals surface area contributed by atoms with Crippen molar-refractivity contribution in [3.63, 3.8) is 0 Å². The Morgan fingerprint density at radius 1 is 0.963 bits per heavy atom. The van der Waals surface area contributed by atoms with Gasteiger partial charge in [-0.3, -0.25) is 9.59 Å². The number of anilines is 1. The maximum atomic E-state index is 12.3. The molecule has 6 nitrogen and oxygen atoms in total. The molecule has 0 spiro atoms. The molecule has 0 saturated carbocycles. The van der Waals surface area contributed by atoms with E-state index in [4.69, 9.17) is 10.5 Å². The van der Waals surface area contributed by atoms with Crippen molar-refractivity contribution < 1.29 is 19.1 Å². The van der Waals surface area contributed by atoms with Crippen LogP contribution in [0.4, 0.5) is 5.69 Å². The highest BCUT2D eigenvalue weighted by atomic mass is 32.1. The van der Waals surface area contributed by atoms with Crippen LogP contribution >= 0.6 is 11.3 Å². The van der Waals surface area contributed by atoms with Gasteiger partial charge < -0.3 is 15.8 Å². The second kappa shape index (κ2) is 8.29. The Bertz CT molecular complexity index is 965. The van der Waals surface area contributed by atoms with Gasteiger partial charge in [0.15, 0.2) is 6.61 Å². The van der Waals surface area contributed by atoms with Crippen LogP contribution in [0.1, 0.15) is 20.0 Å². The van der Waals surface area contributed by atoms with E-state index in [0.717, 1.165) is 11.1 Å². The molecule has 2 aromatic carbocycles. The highest BCUT2D eigenvalue weighted by molar-refractivity contribution is 7.12. The second-order valence-electron chi connectivity index (χ2n) is 5.60. The molecule has 0 bridgehead atoms. The van der Waals surface area contributed by atoms with Crippen molar-refractivity contribution in [1.29, 1.82) is 0 Å². The molecule has 3 N–H and O–H groups in total. The number of rotatable bonds is 6. The van der Waals surface area contributed by atoms with E-state index in [1.54, 1.807) is 17.5 Å². The third-order valence-electron chi connectivity index (χ3n) is 3.72. The number of nitrogens with two attached hydrogens (primary N) is 1. The fourth-order valence-electron chi connectivity index (χ4n) is 2.42. The number of esters is 1. The molecule has 0 unspecified atom stereocenters. The van der Waals surface area contributed by atoms with Gasteiger partial charge in [-0.05, 0) is 41.3 Å². The van der Waals surface area contributed by atoms with Crippen molar-refractivity contribution in [2.24, 2.45) is 5.73 Å². The van der Waals surface area contributed by atoms with Crippen molar-refractivity contribution in [2.75, 3.05) is 11.9 Å². The molecule has 136 valence electrons. The number of hydrogen-bond donors (Lipinski definition) is 2. The molecule has 3 rings (SSSR count). The molecule has 0 aliphatic heterocycles. The average molecular weight is 380 g/mol. The van der Waals surface area contributed by atoms with Crippen LogP contribution in [0.25, 0.3) is 11.1 Å². The summed E-state index contributed by atoms with van der Waals surface area (Å²) in [6.07, 6.45) is 0. The number of nitrogens with one attached hydrogen (secondary N) is 1. The van der Waals surface area contributed by atoms with Gasteiger partial charge in [0, 0.05) is 16.8 Å². The molecule has 1 aromatic heterocycles. The molecule has 0 fully saturated rings. The van der Waals surface area contributed by atoms with Crippen molar-refractivity contribution in [3.05, 3.63) is 76.5 Å². The molecule has 0 radical (unpaired) electrons. The van der Waals surface area contributed by atoms with Crippen LogP contribution in [-0.4, -0.2) is 24.4 Å². The summed E-state index contributed by atoms with van der Waals surface area (Å²) in [5.74, 6) is -1.58. The van der Waals surface area contributed by atoms with Crippen LogP contribution in [0, 0.1) is 0 Å². The highest BCUT2D eigenvalue weighted by Gasteiger charge is 2.17. The summed E-state index contributed by atoms with van der Waals surface area (Å²) in [6.45, 7) is -0.414. The lowest BCUT2D eigenvalue weighted by atomic mass is 10.1. The average Bonchev–Trinajstić information content (AvgIpc) is 3.17. The SMILES string of the molecule is NC(=O)c1ccc(NC(=O)COC(=O)c2sccc2-c2ccccc2)cc1. The minimum absolute atomic E-state index is 0.338. The smallest absolute Gasteiger partial charge is 0.349 e. The normalized spacial score (nSPS) is 10.2. The van der Waals surface area contributed by atoms with Crippen LogP contribution in [0.15, 0.2) is 66.0 Å². The van der Waals surface area contributed by atoms with Crippen molar-refractivity contribution in [1.82, 2.24) is 0 Å². The molecule has 0 aliphatic rings. The summed E-state index contributed by atoms with van der Waals surface area (Å²) in [5, 5.41) is 4.39.